The van der Waals surface area contributed by atoms with Crippen LogP contribution in [0.1, 0.15) is 44.9 Å². The van der Waals surface area contributed by atoms with E-state index in [1.807, 2.05) is 0 Å². The zero-order chi connectivity index (χ0) is 12.5. The van der Waals surface area contributed by atoms with Crippen LogP contribution in [0.5, 0.6) is 0 Å². The predicted molar refractivity (Wildman–Crippen MR) is 77.5 cm³/mol. The summed E-state index contributed by atoms with van der Waals surface area (Å²) in [6, 6.07) is 0.599. The number of hydrogen-bond donors (Lipinski definition) is 3. The van der Waals surface area contributed by atoms with Gasteiger partial charge in [-0.05, 0) is 25.1 Å². The van der Waals surface area contributed by atoms with Gasteiger partial charge in [-0.25, -0.2) is 0 Å². The van der Waals surface area contributed by atoms with Crippen LogP contribution in [0.25, 0.3) is 0 Å². The minimum absolute atomic E-state index is 0.599. The predicted octanol–water partition coefficient (Wildman–Crippen LogP) is 0.708. The Bertz CT molecular complexity index is 211. The Hall–Kier alpha value is -0.350. The number of rotatable bonds is 4. The lowest BCUT2D eigenvalue weighted by molar-refractivity contribution is -0.856. The number of hydrogen-bond acceptors (Lipinski definition) is 1. The fourth-order valence-corrected chi connectivity index (χ4v) is 2.53. The number of nitrogens with one attached hydrogen (secondary N) is 3. The van der Waals surface area contributed by atoms with Crippen molar-refractivity contribution in [2.75, 3.05) is 27.2 Å². The molecule has 17 heavy (non-hydrogen) atoms. The van der Waals surface area contributed by atoms with E-state index in [0.29, 0.717) is 6.04 Å². The molecule has 1 aliphatic rings. The van der Waals surface area contributed by atoms with Crippen LogP contribution in [0.2, 0.25) is 0 Å². The smallest absolute Gasteiger partial charge is 0.166 e. The molecule has 0 aromatic heterocycles. The highest BCUT2D eigenvalue weighted by Gasteiger charge is 2.11. The van der Waals surface area contributed by atoms with Gasteiger partial charge in [0.05, 0.1) is 27.2 Å². The molecule has 0 atom stereocenters. The summed E-state index contributed by atoms with van der Waals surface area (Å²) in [7, 11) is 4.32. The van der Waals surface area contributed by atoms with E-state index in [0.717, 1.165) is 18.2 Å². The molecule has 1 rings (SSSR count). The molecular formula is C13H28N3S+. The van der Waals surface area contributed by atoms with Gasteiger partial charge in [0.1, 0.15) is 0 Å². The lowest BCUT2D eigenvalue weighted by atomic mass is 9.97. The van der Waals surface area contributed by atoms with E-state index in [4.69, 9.17) is 12.2 Å². The third-order valence-electron chi connectivity index (χ3n) is 3.35. The van der Waals surface area contributed by atoms with Crippen LogP contribution in [-0.4, -0.2) is 38.3 Å². The minimum atomic E-state index is 0.599. The number of quaternary nitrogens is 1. The molecule has 0 spiro atoms. The summed E-state index contributed by atoms with van der Waals surface area (Å²) in [4.78, 5) is 1.45. The SMILES string of the molecule is C[NH+](C)CCNC(=S)NC1CCCCCCC1. The first-order chi connectivity index (χ1) is 8.18. The fraction of sp³-hybridized carbons (Fsp3) is 0.923. The minimum Gasteiger partial charge on any atom is -0.360 e. The molecule has 3 nitrogen and oxygen atoms in total. The lowest BCUT2D eigenvalue weighted by Crippen LogP contribution is -3.06. The van der Waals surface area contributed by atoms with E-state index in [1.54, 1.807) is 0 Å². The maximum Gasteiger partial charge on any atom is 0.166 e. The van der Waals surface area contributed by atoms with Gasteiger partial charge < -0.3 is 15.5 Å². The van der Waals surface area contributed by atoms with Gasteiger partial charge in [0.25, 0.3) is 0 Å². The van der Waals surface area contributed by atoms with Gasteiger partial charge in [0.2, 0.25) is 0 Å². The topological polar surface area (TPSA) is 28.5 Å². The zero-order valence-electron chi connectivity index (χ0n) is 11.3. The van der Waals surface area contributed by atoms with Crippen LogP contribution in [0, 0.1) is 0 Å². The zero-order valence-corrected chi connectivity index (χ0v) is 12.2. The van der Waals surface area contributed by atoms with Crippen LogP contribution in [-0.2, 0) is 0 Å². The van der Waals surface area contributed by atoms with Gasteiger partial charge in [0, 0.05) is 6.04 Å². The Morgan fingerprint density at radius 3 is 2.29 bits per heavy atom. The van der Waals surface area contributed by atoms with Crippen molar-refractivity contribution in [3.05, 3.63) is 0 Å². The molecule has 1 saturated carbocycles. The molecular weight excluding hydrogens is 230 g/mol. The van der Waals surface area contributed by atoms with E-state index >= 15 is 0 Å². The van der Waals surface area contributed by atoms with Gasteiger partial charge in [-0.3, -0.25) is 0 Å². The fourth-order valence-electron chi connectivity index (χ4n) is 2.26. The Balaban J connectivity index is 2.14. The van der Waals surface area contributed by atoms with Crippen LogP contribution in [0.4, 0.5) is 0 Å². The maximum absolute atomic E-state index is 5.33. The van der Waals surface area contributed by atoms with E-state index in [9.17, 15) is 0 Å². The molecule has 100 valence electrons. The summed E-state index contributed by atoms with van der Waals surface area (Å²) in [6.07, 6.45) is 9.46. The largest absolute Gasteiger partial charge is 0.360 e. The van der Waals surface area contributed by atoms with Crippen molar-refractivity contribution in [2.24, 2.45) is 0 Å². The van der Waals surface area contributed by atoms with Gasteiger partial charge in [-0.2, -0.15) is 0 Å². The highest BCUT2D eigenvalue weighted by atomic mass is 32.1. The molecule has 0 unspecified atom stereocenters. The Morgan fingerprint density at radius 2 is 1.71 bits per heavy atom. The van der Waals surface area contributed by atoms with Crippen molar-refractivity contribution >= 4 is 17.3 Å². The average Bonchev–Trinajstić information content (AvgIpc) is 2.21. The van der Waals surface area contributed by atoms with Crippen LogP contribution in [0.15, 0.2) is 0 Å². The third-order valence-corrected chi connectivity index (χ3v) is 3.61. The molecule has 0 amide bonds. The molecule has 0 bridgehead atoms. The van der Waals surface area contributed by atoms with Crippen molar-refractivity contribution in [1.82, 2.24) is 10.6 Å². The monoisotopic (exact) mass is 258 g/mol. The summed E-state index contributed by atoms with van der Waals surface area (Å²) < 4.78 is 0. The molecule has 0 heterocycles. The van der Waals surface area contributed by atoms with E-state index < -0.39 is 0 Å². The van der Waals surface area contributed by atoms with Crippen molar-refractivity contribution in [3.8, 4) is 0 Å². The molecule has 0 aliphatic heterocycles. The molecule has 4 heteroatoms. The molecule has 0 radical (unpaired) electrons. The maximum atomic E-state index is 5.33. The summed E-state index contributed by atoms with van der Waals surface area (Å²) in [5.41, 5.74) is 0. The van der Waals surface area contributed by atoms with Crippen LogP contribution >= 0.6 is 12.2 Å². The second-order valence-electron chi connectivity index (χ2n) is 5.40. The normalized spacial score (nSPS) is 18.5. The molecule has 3 N–H and O–H groups in total. The summed E-state index contributed by atoms with van der Waals surface area (Å²) in [5, 5.41) is 7.61. The van der Waals surface area contributed by atoms with Gasteiger partial charge in [0.15, 0.2) is 5.11 Å². The molecule has 0 aromatic carbocycles. The van der Waals surface area contributed by atoms with E-state index in [-0.39, 0.29) is 0 Å². The summed E-state index contributed by atoms with van der Waals surface area (Å²) in [5.74, 6) is 0. The Labute approximate surface area is 111 Å². The average molecular weight is 258 g/mol. The van der Waals surface area contributed by atoms with Crippen molar-refractivity contribution in [3.63, 3.8) is 0 Å². The summed E-state index contributed by atoms with van der Waals surface area (Å²) in [6.45, 7) is 2.06. The lowest BCUT2D eigenvalue weighted by Gasteiger charge is -2.22. The number of thiocarbonyl (C=S) groups is 1. The van der Waals surface area contributed by atoms with Crippen molar-refractivity contribution < 1.29 is 4.90 Å². The molecule has 1 aliphatic carbocycles. The van der Waals surface area contributed by atoms with Gasteiger partial charge in [-0.15, -0.1) is 0 Å². The van der Waals surface area contributed by atoms with Crippen LogP contribution in [0.3, 0.4) is 0 Å². The molecule has 0 saturated heterocycles. The van der Waals surface area contributed by atoms with Gasteiger partial charge in [-0.1, -0.05) is 32.1 Å². The summed E-state index contributed by atoms with van der Waals surface area (Å²) >= 11 is 5.33. The first-order valence-electron chi connectivity index (χ1n) is 7.02. The standard InChI is InChI=1S/C13H27N3S/c1-16(2)11-10-14-13(17)15-12-8-6-4-3-5-7-9-12/h12H,3-11H2,1-2H3,(H2,14,15,17)/p+1. The van der Waals surface area contributed by atoms with E-state index in [1.165, 1.54) is 49.8 Å². The Morgan fingerprint density at radius 1 is 1.12 bits per heavy atom. The number of likely N-dealkylation sites (N-methyl/N-ethyl adjacent to an activating group) is 1. The third kappa shape index (κ3) is 7.55. The second-order valence-corrected chi connectivity index (χ2v) is 5.81. The van der Waals surface area contributed by atoms with Crippen LogP contribution < -0.4 is 15.5 Å². The highest BCUT2D eigenvalue weighted by Crippen LogP contribution is 2.16. The first kappa shape index (κ1) is 14.7. The second kappa shape index (κ2) is 8.70. The van der Waals surface area contributed by atoms with E-state index in [2.05, 4.69) is 24.7 Å². The van der Waals surface area contributed by atoms with Crippen molar-refractivity contribution in [2.45, 2.75) is 51.0 Å². The molecule has 0 aromatic rings. The molecule has 1 fully saturated rings. The quantitative estimate of drug-likeness (QED) is 0.649. The highest BCUT2D eigenvalue weighted by molar-refractivity contribution is 7.80. The Kier molecular flexibility index (Phi) is 7.53. The van der Waals surface area contributed by atoms with Crippen molar-refractivity contribution in [1.29, 1.82) is 0 Å². The van der Waals surface area contributed by atoms with Gasteiger partial charge >= 0.3 is 0 Å². The first-order valence-corrected chi connectivity index (χ1v) is 7.42.